The lowest BCUT2D eigenvalue weighted by Gasteiger charge is -2.38. The highest BCUT2D eigenvalue weighted by molar-refractivity contribution is 7.89. The van der Waals surface area contributed by atoms with Crippen molar-refractivity contribution in [3.8, 4) is 0 Å². The fraction of sp³-hybridized carbons (Fsp3) is 0.481. The van der Waals surface area contributed by atoms with E-state index in [1.165, 1.54) is 10.4 Å². The number of ketones is 1. The maximum Gasteiger partial charge on any atom is 0.303 e. The molecule has 9 heteroatoms. The van der Waals surface area contributed by atoms with Gasteiger partial charge in [0.1, 0.15) is 16.9 Å². The van der Waals surface area contributed by atoms with Crippen LogP contribution in [0.5, 0.6) is 0 Å². The van der Waals surface area contributed by atoms with Gasteiger partial charge in [0, 0.05) is 37.8 Å². The van der Waals surface area contributed by atoms with Crippen molar-refractivity contribution in [2.75, 3.05) is 13.2 Å². The standard InChI is InChI=1S/C27H32FNO6S/c1-19-7-10-24(20-5-3-2-4-6-20)36(33,34)29(19)18-21-8-9-22(17-23(21)28)27(13-15-35-16-14-27)25(30)11-12-26(31)32/h2-6,8-9,17,19,24H,7,10-16,18H2,1H3,(H,31,32)/t19-,24+/m0/s1. The number of carbonyl (C=O) groups excluding carboxylic acids is 1. The number of sulfonamides is 1. The van der Waals surface area contributed by atoms with Crippen molar-refractivity contribution < 1.29 is 32.2 Å². The molecular weight excluding hydrogens is 485 g/mol. The summed E-state index contributed by atoms with van der Waals surface area (Å²) in [4.78, 5) is 24.1. The average molecular weight is 518 g/mol. The maximum atomic E-state index is 15.4. The van der Waals surface area contributed by atoms with Gasteiger partial charge in [0.25, 0.3) is 0 Å². The van der Waals surface area contributed by atoms with E-state index in [1.54, 1.807) is 24.3 Å². The molecule has 0 unspecified atom stereocenters. The minimum Gasteiger partial charge on any atom is -0.481 e. The molecule has 2 aromatic carbocycles. The number of carboxylic acid groups (broad SMARTS) is 1. The highest BCUT2D eigenvalue weighted by Gasteiger charge is 2.43. The van der Waals surface area contributed by atoms with Crippen LogP contribution in [0.15, 0.2) is 48.5 Å². The van der Waals surface area contributed by atoms with Crippen LogP contribution in [0.3, 0.4) is 0 Å². The molecule has 1 N–H and O–H groups in total. The minimum atomic E-state index is -3.71. The Morgan fingerprint density at radius 1 is 1.08 bits per heavy atom. The third kappa shape index (κ3) is 5.23. The summed E-state index contributed by atoms with van der Waals surface area (Å²) in [6, 6.07) is 13.4. The Bertz CT molecular complexity index is 1210. The summed E-state index contributed by atoms with van der Waals surface area (Å²) >= 11 is 0. The molecule has 36 heavy (non-hydrogen) atoms. The van der Waals surface area contributed by atoms with E-state index in [2.05, 4.69) is 0 Å². The van der Waals surface area contributed by atoms with E-state index in [4.69, 9.17) is 9.84 Å². The van der Waals surface area contributed by atoms with Crippen LogP contribution in [-0.2, 0) is 36.3 Å². The summed E-state index contributed by atoms with van der Waals surface area (Å²) in [5, 5.41) is 8.34. The summed E-state index contributed by atoms with van der Waals surface area (Å²) < 4.78 is 49.3. The first kappa shape index (κ1) is 26.4. The molecule has 0 radical (unpaired) electrons. The van der Waals surface area contributed by atoms with E-state index in [-0.39, 0.29) is 36.8 Å². The summed E-state index contributed by atoms with van der Waals surface area (Å²) in [6.45, 7) is 2.39. The third-order valence-corrected chi connectivity index (χ3v) is 9.94. The largest absolute Gasteiger partial charge is 0.481 e. The van der Waals surface area contributed by atoms with Gasteiger partial charge in [-0.3, -0.25) is 9.59 Å². The number of ether oxygens (including phenoxy) is 1. The van der Waals surface area contributed by atoms with Gasteiger partial charge in [0.15, 0.2) is 0 Å². The second kappa shape index (κ2) is 10.8. The zero-order valence-electron chi connectivity index (χ0n) is 20.4. The Morgan fingerprint density at radius 2 is 1.78 bits per heavy atom. The molecule has 0 saturated carbocycles. The van der Waals surface area contributed by atoms with Gasteiger partial charge in [-0.2, -0.15) is 4.31 Å². The van der Waals surface area contributed by atoms with Crippen LogP contribution < -0.4 is 0 Å². The number of rotatable bonds is 8. The Morgan fingerprint density at radius 3 is 2.42 bits per heavy atom. The fourth-order valence-corrected chi connectivity index (χ4v) is 7.59. The first-order chi connectivity index (χ1) is 17.1. The molecule has 0 aromatic heterocycles. The van der Waals surface area contributed by atoms with Crippen LogP contribution in [0, 0.1) is 5.82 Å². The topological polar surface area (TPSA) is 101 Å². The molecule has 2 fully saturated rings. The number of benzene rings is 2. The van der Waals surface area contributed by atoms with Crippen LogP contribution in [0.25, 0.3) is 0 Å². The van der Waals surface area contributed by atoms with Crippen LogP contribution in [0.4, 0.5) is 4.39 Å². The molecule has 7 nitrogen and oxygen atoms in total. The molecule has 0 bridgehead atoms. The van der Waals surface area contributed by atoms with Gasteiger partial charge in [-0.1, -0.05) is 42.5 Å². The number of carbonyl (C=O) groups is 2. The molecule has 2 atom stereocenters. The third-order valence-electron chi connectivity index (χ3n) is 7.57. The normalized spacial score (nSPS) is 23.7. The van der Waals surface area contributed by atoms with E-state index in [0.717, 1.165) is 5.56 Å². The average Bonchev–Trinajstić information content (AvgIpc) is 2.86. The number of aliphatic carboxylic acids is 1. The number of hydrogen-bond acceptors (Lipinski definition) is 5. The Hall–Kier alpha value is -2.62. The number of Topliss-reactive ketones (excluding diaryl/α,β-unsaturated/α-hetero) is 1. The van der Waals surface area contributed by atoms with Gasteiger partial charge in [0.2, 0.25) is 10.0 Å². The number of hydrogen-bond donors (Lipinski definition) is 1. The zero-order valence-corrected chi connectivity index (χ0v) is 21.2. The minimum absolute atomic E-state index is 0.0952. The molecule has 4 rings (SSSR count). The van der Waals surface area contributed by atoms with E-state index in [9.17, 15) is 18.0 Å². The van der Waals surface area contributed by atoms with Gasteiger partial charge in [-0.05, 0) is 49.8 Å². The fourth-order valence-electron chi connectivity index (χ4n) is 5.40. The van der Waals surface area contributed by atoms with Crippen LogP contribution >= 0.6 is 0 Å². The van der Waals surface area contributed by atoms with Crippen molar-refractivity contribution in [1.82, 2.24) is 4.31 Å². The summed E-state index contributed by atoms with van der Waals surface area (Å²) in [5.41, 5.74) is 0.449. The van der Waals surface area contributed by atoms with Crippen molar-refractivity contribution in [1.29, 1.82) is 0 Å². The number of nitrogens with zero attached hydrogens (tertiary/aromatic N) is 1. The lowest BCUT2D eigenvalue weighted by Crippen LogP contribution is -2.45. The van der Waals surface area contributed by atoms with Crippen LogP contribution in [0.1, 0.15) is 67.4 Å². The Labute approximate surface area is 211 Å². The molecule has 0 amide bonds. The first-order valence-corrected chi connectivity index (χ1v) is 13.8. The lowest BCUT2D eigenvalue weighted by atomic mass is 9.69. The van der Waals surface area contributed by atoms with Crippen molar-refractivity contribution >= 4 is 21.8 Å². The van der Waals surface area contributed by atoms with Crippen molar-refractivity contribution in [2.45, 2.75) is 68.7 Å². The second-order valence-electron chi connectivity index (χ2n) is 9.73. The van der Waals surface area contributed by atoms with Crippen LogP contribution in [-0.4, -0.2) is 48.8 Å². The lowest BCUT2D eigenvalue weighted by molar-refractivity contribution is -0.140. The monoisotopic (exact) mass is 517 g/mol. The van der Waals surface area contributed by atoms with Gasteiger partial charge in [-0.25, -0.2) is 12.8 Å². The highest BCUT2D eigenvalue weighted by atomic mass is 32.2. The van der Waals surface area contributed by atoms with E-state index < -0.39 is 32.5 Å². The van der Waals surface area contributed by atoms with E-state index in [1.807, 2.05) is 25.1 Å². The summed E-state index contributed by atoms with van der Waals surface area (Å²) in [6.07, 6.45) is 1.45. The van der Waals surface area contributed by atoms with E-state index >= 15 is 4.39 Å². The quantitative estimate of drug-likeness (QED) is 0.558. The molecule has 2 saturated heterocycles. The van der Waals surface area contributed by atoms with Crippen molar-refractivity contribution in [2.24, 2.45) is 0 Å². The number of halogens is 1. The number of carboxylic acids is 1. The second-order valence-corrected chi connectivity index (χ2v) is 11.8. The molecule has 0 aliphatic carbocycles. The smallest absolute Gasteiger partial charge is 0.303 e. The molecule has 194 valence electrons. The molecular formula is C27H32FNO6S. The van der Waals surface area contributed by atoms with Gasteiger partial charge >= 0.3 is 5.97 Å². The SMILES string of the molecule is C[C@H]1CC[C@H](c2ccccc2)S(=O)(=O)N1Cc1ccc(C2(C(=O)CCC(=O)O)CCOCC2)cc1F. The maximum absolute atomic E-state index is 15.4. The van der Waals surface area contributed by atoms with Gasteiger partial charge in [0.05, 0.1) is 11.8 Å². The molecule has 0 spiro atoms. The Kier molecular flexibility index (Phi) is 7.92. The van der Waals surface area contributed by atoms with Crippen molar-refractivity contribution in [3.63, 3.8) is 0 Å². The molecule has 2 heterocycles. The summed E-state index contributed by atoms with van der Waals surface area (Å²) in [7, 11) is -3.71. The van der Waals surface area contributed by atoms with Crippen molar-refractivity contribution in [3.05, 3.63) is 71.0 Å². The first-order valence-electron chi connectivity index (χ1n) is 12.3. The summed E-state index contributed by atoms with van der Waals surface area (Å²) in [5.74, 6) is -1.87. The predicted molar refractivity (Wildman–Crippen MR) is 132 cm³/mol. The molecule has 2 aromatic rings. The highest BCUT2D eigenvalue weighted by Crippen LogP contribution is 2.40. The molecule has 2 aliphatic rings. The van der Waals surface area contributed by atoms with Crippen LogP contribution in [0.2, 0.25) is 0 Å². The molecule has 2 aliphatic heterocycles. The Balaban J connectivity index is 1.61. The van der Waals surface area contributed by atoms with Gasteiger partial charge < -0.3 is 9.84 Å². The van der Waals surface area contributed by atoms with E-state index in [0.29, 0.717) is 44.5 Å². The van der Waals surface area contributed by atoms with Gasteiger partial charge in [-0.15, -0.1) is 0 Å². The zero-order chi connectivity index (χ0) is 25.9. The predicted octanol–water partition coefficient (Wildman–Crippen LogP) is 4.36.